The Bertz CT molecular complexity index is 875. The molecule has 0 radical (unpaired) electrons. The molecule has 0 amide bonds. The molecule has 1 aromatic heterocycles. The lowest BCUT2D eigenvalue weighted by Gasteiger charge is -2.06. The molecule has 1 heterocycles. The summed E-state index contributed by atoms with van der Waals surface area (Å²) in [7, 11) is 1.65. The van der Waals surface area contributed by atoms with Crippen LogP contribution >= 0.6 is 0 Å². The molecule has 26 heavy (non-hydrogen) atoms. The number of hydrogen-bond acceptors (Lipinski definition) is 5. The van der Waals surface area contributed by atoms with Crippen LogP contribution in [0, 0.1) is 0 Å². The van der Waals surface area contributed by atoms with Crippen LogP contribution in [0.3, 0.4) is 0 Å². The van der Waals surface area contributed by atoms with Crippen LogP contribution < -0.4 is 4.74 Å². The van der Waals surface area contributed by atoms with Gasteiger partial charge in [0.05, 0.1) is 25.0 Å². The quantitative estimate of drug-likeness (QED) is 0.632. The average Bonchev–Trinajstić information content (AvgIpc) is 2.69. The highest BCUT2D eigenvalue weighted by Gasteiger charge is 2.08. The van der Waals surface area contributed by atoms with E-state index in [1.54, 1.807) is 32.4 Å². The summed E-state index contributed by atoms with van der Waals surface area (Å²) in [6.45, 7) is 2.15. The van der Waals surface area contributed by atoms with Crippen molar-refractivity contribution in [1.29, 1.82) is 0 Å². The second-order valence-electron chi connectivity index (χ2n) is 5.68. The molecule has 0 aliphatic rings. The minimum Gasteiger partial charge on any atom is -0.497 e. The second-order valence-corrected chi connectivity index (χ2v) is 5.68. The lowest BCUT2D eigenvalue weighted by Crippen LogP contribution is -2.04. The molecule has 0 aliphatic heterocycles. The smallest absolute Gasteiger partial charge is 0.338 e. The van der Waals surface area contributed by atoms with Gasteiger partial charge in [0, 0.05) is 18.2 Å². The van der Waals surface area contributed by atoms with Crippen LogP contribution in [-0.4, -0.2) is 29.7 Å². The predicted octanol–water partition coefficient (Wildman–Crippen LogP) is 3.92. The van der Waals surface area contributed by atoms with Crippen LogP contribution in [0.15, 0.2) is 60.8 Å². The topological polar surface area (TPSA) is 61.3 Å². The first-order valence-corrected chi connectivity index (χ1v) is 8.42. The van der Waals surface area contributed by atoms with Crippen molar-refractivity contribution in [2.45, 2.75) is 13.3 Å². The lowest BCUT2D eigenvalue weighted by molar-refractivity contribution is 0.0526. The van der Waals surface area contributed by atoms with E-state index in [-0.39, 0.29) is 5.97 Å². The number of ether oxygens (including phenoxy) is 2. The molecule has 0 saturated carbocycles. The fraction of sp³-hybridized carbons (Fsp3) is 0.190. The molecule has 0 spiro atoms. The standard InChI is InChI=1S/C21H20N2O3/c1-3-26-21(24)17-8-6-16(7-9-17)19-12-13-22-20(23-19)14-15-4-10-18(25-2)11-5-15/h4-13H,3,14H2,1-2H3. The number of hydrogen-bond donors (Lipinski definition) is 0. The van der Waals surface area contributed by atoms with Crippen molar-refractivity contribution >= 4 is 5.97 Å². The number of methoxy groups -OCH3 is 1. The van der Waals surface area contributed by atoms with Crippen LogP contribution in [0.25, 0.3) is 11.3 Å². The van der Waals surface area contributed by atoms with Gasteiger partial charge in [-0.3, -0.25) is 0 Å². The first-order valence-electron chi connectivity index (χ1n) is 8.42. The number of benzene rings is 2. The maximum Gasteiger partial charge on any atom is 0.338 e. The van der Waals surface area contributed by atoms with E-state index in [4.69, 9.17) is 9.47 Å². The molecular formula is C21H20N2O3. The fourth-order valence-electron chi connectivity index (χ4n) is 2.56. The molecule has 0 aliphatic carbocycles. The maximum absolute atomic E-state index is 11.7. The zero-order valence-corrected chi connectivity index (χ0v) is 14.8. The Labute approximate surface area is 152 Å². The Kier molecular flexibility index (Phi) is 5.59. The Morgan fingerprint density at radius 2 is 1.73 bits per heavy atom. The molecule has 0 unspecified atom stereocenters. The molecule has 5 nitrogen and oxygen atoms in total. The van der Waals surface area contributed by atoms with Crippen molar-refractivity contribution in [2.75, 3.05) is 13.7 Å². The normalized spacial score (nSPS) is 10.4. The highest BCUT2D eigenvalue weighted by atomic mass is 16.5. The van der Waals surface area contributed by atoms with Gasteiger partial charge in [-0.15, -0.1) is 0 Å². The third-order valence-corrected chi connectivity index (χ3v) is 3.92. The van der Waals surface area contributed by atoms with Gasteiger partial charge in [0.15, 0.2) is 0 Å². The van der Waals surface area contributed by atoms with Gasteiger partial charge in [-0.25, -0.2) is 14.8 Å². The van der Waals surface area contributed by atoms with Crippen molar-refractivity contribution in [3.05, 3.63) is 77.7 Å². The number of esters is 1. The summed E-state index contributed by atoms with van der Waals surface area (Å²) in [5.41, 5.74) is 3.39. The van der Waals surface area contributed by atoms with Crippen LogP contribution in [-0.2, 0) is 11.2 Å². The van der Waals surface area contributed by atoms with Crippen LogP contribution in [0.5, 0.6) is 5.75 Å². The van der Waals surface area contributed by atoms with Gasteiger partial charge in [0.2, 0.25) is 0 Å². The van der Waals surface area contributed by atoms with Gasteiger partial charge in [-0.1, -0.05) is 24.3 Å². The van der Waals surface area contributed by atoms with Crippen molar-refractivity contribution in [3.63, 3.8) is 0 Å². The van der Waals surface area contributed by atoms with Crippen molar-refractivity contribution < 1.29 is 14.3 Å². The van der Waals surface area contributed by atoms with E-state index < -0.39 is 0 Å². The van der Waals surface area contributed by atoms with E-state index in [0.717, 1.165) is 28.4 Å². The summed E-state index contributed by atoms with van der Waals surface area (Å²) < 4.78 is 10.2. The molecule has 5 heteroatoms. The van der Waals surface area contributed by atoms with Gasteiger partial charge in [-0.2, -0.15) is 0 Å². The van der Waals surface area contributed by atoms with E-state index in [1.165, 1.54) is 0 Å². The van der Waals surface area contributed by atoms with E-state index >= 15 is 0 Å². The first kappa shape index (κ1) is 17.6. The van der Waals surface area contributed by atoms with Gasteiger partial charge >= 0.3 is 5.97 Å². The molecule has 0 saturated heterocycles. The van der Waals surface area contributed by atoms with Crippen LogP contribution in [0.4, 0.5) is 0 Å². The Balaban J connectivity index is 1.77. The second kappa shape index (κ2) is 8.25. The molecule has 3 rings (SSSR count). The summed E-state index contributed by atoms with van der Waals surface area (Å²) >= 11 is 0. The minimum atomic E-state index is -0.318. The Hall–Kier alpha value is -3.21. The number of nitrogens with zero attached hydrogens (tertiary/aromatic N) is 2. The monoisotopic (exact) mass is 348 g/mol. The van der Waals surface area contributed by atoms with E-state index in [2.05, 4.69) is 9.97 Å². The van der Waals surface area contributed by atoms with E-state index in [9.17, 15) is 4.79 Å². The van der Waals surface area contributed by atoms with Crippen molar-refractivity contribution in [2.24, 2.45) is 0 Å². The highest BCUT2D eigenvalue weighted by Crippen LogP contribution is 2.19. The van der Waals surface area contributed by atoms with E-state index in [0.29, 0.717) is 18.6 Å². The largest absolute Gasteiger partial charge is 0.497 e. The molecule has 0 fully saturated rings. The first-order chi connectivity index (χ1) is 12.7. The highest BCUT2D eigenvalue weighted by molar-refractivity contribution is 5.89. The number of rotatable bonds is 6. The molecular weight excluding hydrogens is 328 g/mol. The summed E-state index contributed by atoms with van der Waals surface area (Å²) in [6.07, 6.45) is 2.39. The average molecular weight is 348 g/mol. The zero-order valence-electron chi connectivity index (χ0n) is 14.8. The molecule has 0 bridgehead atoms. The summed E-state index contributed by atoms with van der Waals surface area (Å²) in [5, 5.41) is 0. The zero-order chi connectivity index (χ0) is 18.4. The number of carbonyl (C=O) groups is 1. The molecule has 2 aromatic carbocycles. The number of carbonyl (C=O) groups excluding carboxylic acids is 1. The fourth-order valence-corrected chi connectivity index (χ4v) is 2.56. The van der Waals surface area contributed by atoms with E-state index in [1.807, 2.05) is 42.5 Å². The van der Waals surface area contributed by atoms with Crippen molar-refractivity contribution in [1.82, 2.24) is 9.97 Å². The van der Waals surface area contributed by atoms with Gasteiger partial charge in [0.25, 0.3) is 0 Å². The van der Waals surface area contributed by atoms with Gasteiger partial charge < -0.3 is 9.47 Å². The SMILES string of the molecule is CCOC(=O)c1ccc(-c2ccnc(Cc3ccc(OC)cc3)n2)cc1. The van der Waals surface area contributed by atoms with Gasteiger partial charge in [0.1, 0.15) is 11.6 Å². The molecule has 0 atom stereocenters. The molecule has 132 valence electrons. The maximum atomic E-state index is 11.7. The van der Waals surface area contributed by atoms with Crippen LogP contribution in [0.2, 0.25) is 0 Å². The van der Waals surface area contributed by atoms with Gasteiger partial charge in [-0.05, 0) is 42.8 Å². The summed E-state index contributed by atoms with van der Waals surface area (Å²) in [5.74, 6) is 1.24. The summed E-state index contributed by atoms with van der Waals surface area (Å²) in [6, 6.07) is 16.9. The van der Waals surface area contributed by atoms with Crippen molar-refractivity contribution in [3.8, 4) is 17.0 Å². The number of aromatic nitrogens is 2. The Morgan fingerprint density at radius 1 is 1.00 bits per heavy atom. The molecule has 0 N–H and O–H groups in total. The lowest BCUT2D eigenvalue weighted by atomic mass is 10.1. The van der Waals surface area contributed by atoms with Crippen LogP contribution in [0.1, 0.15) is 28.7 Å². The summed E-state index contributed by atoms with van der Waals surface area (Å²) in [4.78, 5) is 20.7. The minimum absolute atomic E-state index is 0.318. The third kappa shape index (κ3) is 4.25. The third-order valence-electron chi connectivity index (χ3n) is 3.92. The predicted molar refractivity (Wildman–Crippen MR) is 99.2 cm³/mol. The Morgan fingerprint density at radius 3 is 2.38 bits per heavy atom. The molecule has 3 aromatic rings.